The smallest absolute Gasteiger partial charge is 0.269 e. The predicted molar refractivity (Wildman–Crippen MR) is 91.8 cm³/mol. The van der Waals surface area contributed by atoms with Gasteiger partial charge in [0.15, 0.2) is 0 Å². The van der Waals surface area contributed by atoms with Gasteiger partial charge in [0.2, 0.25) is 0 Å². The number of nitrogens with one attached hydrogen (secondary N) is 1. The molecule has 1 aliphatic carbocycles. The monoisotopic (exact) mass is 310 g/mol. The number of benzene rings is 1. The predicted octanol–water partition coefficient (Wildman–Crippen LogP) is 3.86. The average Bonchev–Trinajstić information content (AvgIpc) is 2.61. The molecule has 0 radical (unpaired) electrons. The van der Waals surface area contributed by atoms with Crippen molar-refractivity contribution < 1.29 is 9.53 Å². The Kier molecular flexibility index (Phi) is 4.91. The second-order valence-corrected chi connectivity index (χ2v) is 5.87. The summed E-state index contributed by atoms with van der Waals surface area (Å²) in [5, 5.41) is 3.93. The van der Waals surface area contributed by atoms with Crippen LogP contribution in [0.15, 0.2) is 42.0 Å². The zero-order valence-corrected chi connectivity index (χ0v) is 13.5. The minimum absolute atomic E-state index is 0.112. The van der Waals surface area contributed by atoms with Gasteiger partial charge in [-0.3, -0.25) is 4.79 Å². The van der Waals surface area contributed by atoms with Crippen LogP contribution in [0.2, 0.25) is 0 Å². The molecule has 1 aromatic heterocycles. The standard InChI is InChI=1S/C19H22N2O2/c1-23-16-8-10-17-15(13-16)7-9-18(21-17)19(22)20-12-11-14-5-3-2-4-6-14/h5,7-10,13H,2-4,6,11-12H2,1H3,(H,20,22). The van der Waals surface area contributed by atoms with E-state index in [1.54, 1.807) is 13.2 Å². The Morgan fingerprint density at radius 2 is 2.17 bits per heavy atom. The molecular weight excluding hydrogens is 288 g/mol. The Morgan fingerprint density at radius 3 is 2.96 bits per heavy atom. The third-order valence-electron chi connectivity index (χ3n) is 4.25. The maximum atomic E-state index is 12.2. The zero-order chi connectivity index (χ0) is 16.1. The van der Waals surface area contributed by atoms with Gasteiger partial charge in [-0.15, -0.1) is 0 Å². The first-order valence-electron chi connectivity index (χ1n) is 8.17. The Balaban J connectivity index is 1.62. The third kappa shape index (κ3) is 3.89. The number of fused-ring (bicyclic) bond motifs is 1. The summed E-state index contributed by atoms with van der Waals surface area (Å²) in [5.41, 5.74) is 2.73. The quantitative estimate of drug-likeness (QED) is 0.853. The van der Waals surface area contributed by atoms with Gasteiger partial charge >= 0.3 is 0 Å². The largest absolute Gasteiger partial charge is 0.497 e. The van der Waals surface area contributed by atoms with Gasteiger partial charge in [0, 0.05) is 11.9 Å². The van der Waals surface area contributed by atoms with E-state index in [1.807, 2.05) is 24.3 Å². The maximum absolute atomic E-state index is 12.2. The molecule has 1 heterocycles. The minimum atomic E-state index is -0.112. The molecule has 1 amide bonds. The van der Waals surface area contributed by atoms with Crippen LogP contribution in [-0.4, -0.2) is 24.5 Å². The van der Waals surface area contributed by atoms with Crippen LogP contribution < -0.4 is 10.1 Å². The van der Waals surface area contributed by atoms with Gasteiger partial charge in [0.05, 0.1) is 12.6 Å². The van der Waals surface area contributed by atoms with E-state index in [1.165, 1.54) is 31.3 Å². The van der Waals surface area contributed by atoms with Gasteiger partial charge in [0.25, 0.3) is 5.91 Å². The lowest BCUT2D eigenvalue weighted by Gasteiger charge is -2.13. The van der Waals surface area contributed by atoms with Crippen LogP contribution in [0.5, 0.6) is 5.75 Å². The van der Waals surface area contributed by atoms with E-state index >= 15 is 0 Å². The number of amides is 1. The van der Waals surface area contributed by atoms with Crippen molar-refractivity contribution in [1.82, 2.24) is 10.3 Å². The first-order chi connectivity index (χ1) is 11.3. The summed E-state index contributed by atoms with van der Waals surface area (Å²) in [6.07, 6.45) is 8.18. The number of carbonyl (C=O) groups excluding carboxylic acids is 1. The number of pyridine rings is 1. The Bertz CT molecular complexity index is 737. The molecule has 4 nitrogen and oxygen atoms in total. The van der Waals surface area contributed by atoms with Gasteiger partial charge in [-0.05, 0) is 56.4 Å². The van der Waals surface area contributed by atoms with Crippen molar-refractivity contribution >= 4 is 16.8 Å². The summed E-state index contributed by atoms with van der Waals surface area (Å²) in [6, 6.07) is 9.31. The van der Waals surface area contributed by atoms with Gasteiger partial charge in [0.1, 0.15) is 11.4 Å². The molecule has 23 heavy (non-hydrogen) atoms. The highest BCUT2D eigenvalue weighted by molar-refractivity contribution is 5.95. The van der Waals surface area contributed by atoms with Gasteiger partial charge < -0.3 is 10.1 Å². The highest BCUT2D eigenvalue weighted by atomic mass is 16.5. The molecule has 2 aromatic rings. The number of carbonyl (C=O) groups is 1. The van der Waals surface area contributed by atoms with Crippen molar-refractivity contribution in [3.8, 4) is 5.75 Å². The van der Waals surface area contributed by atoms with E-state index in [9.17, 15) is 4.79 Å². The van der Waals surface area contributed by atoms with Crippen LogP contribution in [0, 0.1) is 0 Å². The molecule has 0 atom stereocenters. The molecular formula is C19H22N2O2. The first-order valence-corrected chi connectivity index (χ1v) is 8.17. The number of hydrogen-bond acceptors (Lipinski definition) is 3. The number of ether oxygens (including phenoxy) is 1. The molecule has 0 fully saturated rings. The summed E-state index contributed by atoms with van der Waals surface area (Å²) in [7, 11) is 1.64. The van der Waals surface area contributed by atoms with Crippen molar-refractivity contribution in [1.29, 1.82) is 0 Å². The van der Waals surface area contributed by atoms with Gasteiger partial charge in [-0.2, -0.15) is 0 Å². The molecule has 0 unspecified atom stereocenters. The molecule has 0 spiro atoms. The fraction of sp³-hybridized carbons (Fsp3) is 0.368. The normalized spacial score (nSPS) is 14.4. The number of methoxy groups -OCH3 is 1. The van der Waals surface area contributed by atoms with E-state index in [-0.39, 0.29) is 5.91 Å². The van der Waals surface area contributed by atoms with Crippen LogP contribution in [0.1, 0.15) is 42.6 Å². The van der Waals surface area contributed by atoms with E-state index in [4.69, 9.17) is 4.74 Å². The summed E-state index contributed by atoms with van der Waals surface area (Å²) < 4.78 is 5.20. The molecule has 1 aliphatic rings. The fourth-order valence-electron chi connectivity index (χ4n) is 2.92. The van der Waals surface area contributed by atoms with Crippen LogP contribution in [0.4, 0.5) is 0 Å². The van der Waals surface area contributed by atoms with Crippen LogP contribution >= 0.6 is 0 Å². The maximum Gasteiger partial charge on any atom is 0.269 e. The summed E-state index contributed by atoms with van der Waals surface area (Å²) in [4.78, 5) is 16.7. The van der Waals surface area contributed by atoms with Crippen molar-refractivity contribution in [2.75, 3.05) is 13.7 Å². The topological polar surface area (TPSA) is 51.2 Å². The van der Waals surface area contributed by atoms with Crippen molar-refractivity contribution in [3.05, 3.63) is 47.7 Å². The number of allylic oxidation sites excluding steroid dienone is 1. The number of nitrogens with zero attached hydrogens (tertiary/aromatic N) is 1. The van der Waals surface area contributed by atoms with Crippen LogP contribution in [0.3, 0.4) is 0 Å². The van der Waals surface area contributed by atoms with Crippen molar-refractivity contribution in [3.63, 3.8) is 0 Å². The molecule has 0 saturated carbocycles. The summed E-state index contributed by atoms with van der Waals surface area (Å²) in [5.74, 6) is 0.677. The summed E-state index contributed by atoms with van der Waals surface area (Å²) in [6.45, 7) is 0.674. The minimum Gasteiger partial charge on any atom is -0.497 e. The fourth-order valence-corrected chi connectivity index (χ4v) is 2.92. The summed E-state index contributed by atoms with van der Waals surface area (Å²) >= 11 is 0. The molecule has 120 valence electrons. The highest BCUT2D eigenvalue weighted by Gasteiger charge is 2.09. The number of hydrogen-bond donors (Lipinski definition) is 1. The Labute approximate surface area is 136 Å². The lowest BCUT2D eigenvalue weighted by atomic mass is 9.97. The molecule has 1 N–H and O–H groups in total. The molecule has 0 bridgehead atoms. The molecule has 0 saturated heterocycles. The SMILES string of the molecule is COc1ccc2nc(C(=O)NCCC3=CCCCC3)ccc2c1. The van der Waals surface area contributed by atoms with E-state index in [2.05, 4.69) is 16.4 Å². The van der Waals surface area contributed by atoms with Crippen LogP contribution in [0.25, 0.3) is 10.9 Å². The molecule has 0 aliphatic heterocycles. The lowest BCUT2D eigenvalue weighted by molar-refractivity contribution is 0.0949. The highest BCUT2D eigenvalue weighted by Crippen LogP contribution is 2.20. The van der Waals surface area contributed by atoms with Crippen molar-refractivity contribution in [2.45, 2.75) is 32.1 Å². The zero-order valence-electron chi connectivity index (χ0n) is 13.5. The number of rotatable bonds is 5. The first kappa shape index (κ1) is 15.5. The second-order valence-electron chi connectivity index (χ2n) is 5.87. The Morgan fingerprint density at radius 1 is 1.26 bits per heavy atom. The number of aromatic nitrogens is 1. The van der Waals surface area contributed by atoms with Crippen LogP contribution in [-0.2, 0) is 0 Å². The van der Waals surface area contributed by atoms with Crippen molar-refractivity contribution in [2.24, 2.45) is 0 Å². The van der Waals surface area contributed by atoms with E-state index in [0.29, 0.717) is 12.2 Å². The third-order valence-corrected chi connectivity index (χ3v) is 4.25. The van der Waals surface area contributed by atoms with Gasteiger partial charge in [-0.1, -0.05) is 17.7 Å². The lowest BCUT2D eigenvalue weighted by Crippen LogP contribution is -2.25. The molecule has 1 aromatic carbocycles. The average molecular weight is 310 g/mol. The Hall–Kier alpha value is -2.36. The van der Waals surface area contributed by atoms with E-state index in [0.717, 1.165) is 23.1 Å². The van der Waals surface area contributed by atoms with Gasteiger partial charge in [-0.25, -0.2) is 4.98 Å². The van der Waals surface area contributed by atoms with E-state index < -0.39 is 0 Å². The molecule has 4 heteroatoms. The second kappa shape index (κ2) is 7.27. The molecule has 3 rings (SSSR count).